The molecule has 0 radical (unpaired) electrons. The standard InChI is InChI=1S/C30H22BrN/c31-27-13-11-21-15-24-18-26-20-30(14-12-22(26)16-23(24)17-25(21)19-27)32(28-7-3-1-4-8-28)29-9-5-2-6-10-29/h1-14,16,18-20H,15,17H2. The summed E-state index contributed by atoms with van der Waals surface area (Å²) >= 11 is 3.63. The number of nitrogens with zero attached hydrogens (tertiary/aromatic N) is 1. The zero-order valence-corrected chi connectivity index (χ0v) is 19.2. The van der Waals surface area contributed by atoms with Crippen LogP contribution in [0.2, 0.25) is 0 Å². The van der Waals surface area contributed by atoms with Gasteiger partial charge in [-0.1, -0.05) is 76.6 Å². The molecule has 0 fully saturated rings. The van der Waals surface area contributed by atoms with Crippen molar-refractivity contribution in [2.45, 2.75) is 12.8 Å². The predicted molar refractivity (Wildman–Crippen MR) is 138 cm³/mol. The quantitative estimate of drug-likeness (QED) is 0.247. The Kier molecular flexibility index (Phi) is 4.81. The number of hydrogen-bond donors (Lipinski definition) is 0. The Morgan fingerprint density at radius 3 is 1.75 bits per heavy atom. The molecule has 0 heterocycles. The fourth-order valence-electron chi connectivity index (χ4n) is 4.79. The minimum absolute atomic E-state index is 0.999. The lowest BCUT2D eigenvalue weighted by Gasteiger charge is -2.26. The van der Waals surface area contributed by atoms with E-state index in [1.807, 2.05) is 0 Å². The van der Waals surface area contributed by atoms with Crippen molar-refractivity contribution >= 4 is 43.8 Å². The summed E-state index contributed by atoms with van der Waals surface area (Å²) in [5, 5.41) is 2.59. The highest BCUT2D eigenvalue weighted by Gasteiger charge is 2.17. The van der Waals surface area contributed by atoms with Crippen molar-refractivity contribution in [2.75, 3.05) is 4.90 Å². The van der Waals surface area contributed by atoms with Gasteiger partial charge in [0.1, 0.15) is 0 Å². The molecular formula is C30H22BrN. The number of fused-ring (bicyclic) bond motifs is 3. The highest BCUT2D eigenvalue weighted by atomic mass is 79.9. The minimum atomic E-state index is 0.999. The molecule has 0 aromatic heterocycles. The van der Waals surface area contributed by atoms with Crippen LogP contribution in [0.15, 0.2) is 114 Å². The van der Waals surface area contributed by atoms with Gasteiger partial charge in [0.15, 0.2) is 0 Å². The lowest BCUT2D eigenvalue weighted by Crippen LogP contribution is -2.10. The second-order valence-electron chi connectivity index (χ2n) is 8.43. The molecule has 1 aliphatic carbocycles. The van der Waals surface area contributed by atoms with E-state index in [0.29, 0.717) is 0 Å². The van der Waals surface area contributed by atoms with Crippen LogP contribution in [0.3, 0.4) is 0 Å². The molecule has 5 aromatic carbocycles. The van der Waals surface area contributed by atoms with Gasteiger partial charge in [-0.15, -0.1) is 0 Å². The largest absolute Gasteiger partial charge is 0.310 e. The van der Waals surface area contributed by atoms with Gasteiger partial charge < -0.3 is 4.90 Å². The van der Waals surface area contributed by atoms with Crippen molar-refractivity contribution in [1.82, 2.24) is 0 Å². The molecule has 6 rings (SSSR count). The third-order valence-corrected chi connectivity index (χ3v) is 6.85. The summed E-state index contributed by atoms with van der Waals surface area (Å²) < 4.78 is 1.16. The third kappa shape index (κ3) is 3.51. The Hall–Kier alpha value is -3.36. The molecule has 5 aromatic rings. The molecule has 0 spiro atoms. The van der Waals surface area contributed by atoms with Crippen molar-refractivity contribution < 1.29 is 0 Å². The molecule has 0 unspecified atom stereocenters. The predicted octanol–water partition coefficient (Wildman–Crippen LogP) is 8.57. The van der Waals surface area contributed by atoms with Gasteiger partial charge in [-0.25, -0.2) is 0 Å². The first-order valence-electron chi connectivity index (χ1n) is 11.0. The van der Waals surface area contributed by atoms with Crippen molar-refractivity contribution in [1.29, 1.82) is 0 Å². The fourth-order valence-corrected chi connectivity index (χ4v) is 5.20. The monoisotopic (exact) mass is 475 g/mol. The van der Waals surface area contributed by atoms with Gasteiger partial charge in [-0.3, -0.25) is 0 Å². The number of benzene rings is 5. The maximum atomic E-state index is 3.63. The Morgan fingerprint density at radius 2 is 1.06 bits per heavy atom. The normalized spacial score (nSPS) is 12.3. The molecule has 154 valence electrons. The Bertz CT molecular complexity index is 1380. The molecule has 0 saturated heterocycles. The van der Waals surface area contributed by atoms with E-state index in [-0.39, 0.29) is 0 Å². The van der Waals surface area contributed by atoms with Crippen LogP contribution in [-0.2, 0) is 12.8 Å². The summed E-state index contributed by atoms with van der Waals surface area (Å²) in [7, 11) is 0. The van der Waals surface area contributed by atoms with Crippen LogP contribution in [0.4, 0.5) is 17.1 Å². The van der Waals surface area contributed by atoms with Gasteiger partial charge in [-0.2, -0.15) is 0 Å². The van der Waals surface area contributed by atoms with E-state index < -0.39 is 0 Å². The molecule has 0 atom stereocenters. The van der Waals surface area contributed by atoms with Gasteiger partial charge in [0.25, 0.3) is 0 Å². The lowest BCUT2D eigenvalue weighted by molar-refractivity contribution is 1.00. The van der Waals surface area contributed by atoms with E-state index in [9.17, 15) is 0 Å². The Morgan fingerprint density at radius 1 is 0.469 bits per heavy atom. The van der Waals surface area contributed by atoms with E-state index in [0.717, 1.165) is 28.7 Å². The summed E-state index contributed by atoms with van der Waals surface area (Å²) in [5.74, 6) is 0. The average Bonchev–Trinajstić information content (AvgIpc) is 2.83. The molecule has 0 bridgehead atoms. The van der Waals surface area contributed by atoms with Crippen LogP contribution in [-0.4, -0.2) is 0 Å². The Balaban J connectivity index is 1.46. The maximum Gasteiger partial charge on any atom is 0.0468 e. The molecule has 32 heavy (non-hydrogen) atoms. The first-order chi connectivity index (χ1) is 15.7. The Labute approximate surface area is 197 Å². The highest BCUT2D eigenvalue weighted by molar-refractivity contribution is 9.10. The van der Waals surface area contributed by atoms with Crippen LogP contribution in [0.5, 0.6) is 0 Å². The van der Waals surface area contributed by atoms with Gasteiger partial charge >= 0.3 is 0 Å². The number of halogens is 1. The van der Waals surface area contributed by atoms with Gasteiger partial charge in [-0.05, 0) is 94.4 Å². The van der Waals surface area contributed by atoms with Crippen LogP contribution in [0, 0.1) is 0 Å². The molecule has 0 aliphatic heterocycles. The number of para-hydroxylation sites is 2. The van der Waals surface area contributed by atoms with Gasteiger partial charge in [0, 0.05) is 21.5 Å². The SMILES string of the molecule is Brc1ccc2c(c1)Cc1cc3ccc(N(c4ccccc4)c4ccccc4)cc3cc1C2. The van der Waals surface area contributed by atoms with Crippen molar-refractivity contribution in [3.8, 4) is 0 Å². The minimum Gasteiger partial charge on any atom is -0.310 e. The summed E-state index contributed by atoms with van der Waals surface area (Å²) in [6, 6.07) is 39.5. The summed E-state index contributed by atoms with van der Waals surface area (Å²) in [5.41, 5.74) is 9.25. The van der Waals surface area contributed by atoms with E-state index in [1.165, 1.54) is 38.7 Å². The van der Waals surface area contributed by atoms with Crippen molar-refractivity contribution in [3.05, 3.63) is 136 Å². The van der Waals surface area contributed by atoms with E-state index in [1.54, 1.807) is 0 Å². The van der Waals surface area contributed by atoms with E-state index >= 15 is 0 Å². The zero-order chi connectivity index (χ0) is 21.5. The second kappa shape index (κ2) is 7.96. The fraction of sp³-hybridized carbons (Fsp3) is 0.0667. The maximum absolute atomic E-state index is 3.63. The molecule has 1 aliphatic rings. The molecule has 0 saturated carbocycles. The van der Waals surface area contributed by atoms with Crippen molar-refractivity contribution in [3.63, 3.8) is 0 Å². The van der Waals surface area contributed by atoms with Crippen LogP contribution in [0.25, 0.3) is 10.8 Å². The summed E-state index contributed by atoms with van der Waals surface area (Å²) in [6.45, 7) is 0. The first-order valence-corrected chi connectivity index (χ1v) is 11.8. The number of anilines is 3. The molecule has 0 N–H and O–H groups in total. The number of rotatable bonds is 3. The zero-order valence-electron chi connectivity index (χ0n) is 17.6. The van der Waals surface area contributed by atoms with E-state index in [4.69, 9.17) is 0 Å². The average molecular weight is 476 g/mol. The number of hydrogen-bond acceptors (Lipinski definition) is 1. The second-order valence-corrected chi connectivity index (χ2v) is 9.34. The van der Waals surface area contributed by atoms with E-state index in [2.05, 4.69) is 130 Å². The van der Waals surface area contributed by atoms with Crippen LogP contribution < -0.4 is 4.90 Å². The smallest absolute Gasteiger partial charge is 0.0468 e. The molecule has 2 heteroatoms. The molecular weight excluding hydrogens is 454 g/mol. The molecule has 0 amide bonds. The van der Waals surface area contributed by atoms with Gasteiger partial charge in [0.2, 0.25) is 0 Å². The lowest BCUT2D eigenvalue weighted by atomic mass is 9.84. The van der Waals surface area contributed by atoms with Crippen molar-refractivity contribution in [2.24, 2.45) is 0 Å². The topological polar surface area (TPSA) is 3.24 Å². The summed E-state index contributed by atoms with van der Waals surface area (Å²) in [6.07, 6.45) is 2.00. The van der Waals surface area contributed by atoms with Gasteiger partial charge in [0.05, 0.1) is 0 Å². The highest BCUT2D eigenvalue weighted by Crippen LogP contribution is 2.37. The summed E-state index contributed by atoms with van der Waals surface area (Å²) in [4.78, 5) is 2.33. The third-order valence-electron chi connectivity index (χ3n) is 6.36. The first kappa shape index (κ1) is 19.3. The van der Waals surface area contributed by atoms with Crippen LogP contribution >= 0.6 is 15.9 Å². The molecule has 1 nitrogen and oxygen atoms in total. The van der Waals surface area contributed by atoms with Crippen LogP contribution in [0.1, 0.15) is 22.3 Å².